The zero-order valence-corrected chi connectivity index (χ0v) is 17.2. The van der Waals surface area contributed by atoms with Gasteiger partial charge in [0.15, 0.2) is 11.5 Å². The Morgan fingerprint density at radius 1 is 0.964 bits per heavy atom. The fourth-order valence-electron chi connectivity index (χ4n) is 2.94. The van der Waals surface area contributed by atoms with E-state index in [4.69, 9.17) is 18.9 Å². The number of rotatable bonds is 10. The molecule has 0 spiro atoms. The molecule has 0 radical (unpaired) electrons. The minimum absolute atomic E-state index is 0.120. The maximum atomic E-state index is 12.7. The van der Waals surface area contributed by atoms with Gasteiger partial charge in [-0.25, -0.2) is 4.79 Å². The molecule has 0 heterocycles. The highest BCUT2D eigenvalue weighted by Crippen LogP contribution is 2.38. The van der Waals surface area contributed by atoms with Gasteiger partial charge in [-0.05, 0) is 44.8 Å². The van der Waals surface area contributed by atoms with E-state index in [0.29, 0.717) is 29.4 Å². The minimum Gasteiger partial charge on any atom is -0.493 e. The number of methoxy groups -OCH3 is 3. The minimum atomic E-state index is -0.426. The second-order valence-electron chi connectivity index (χ2n) is 6.71. The fraction of sp³-hybridized carbons (Fsp3) is 0.409. The molecule has 2 aromatic carbocycles. The molecule has 152 valence electrons. The zero-order valence-electron chi connectivity index (χ0n) is 17.2. The number of hydrogen-bond donors (Lipinski definition) is 0. The summed E-state index contributed by atoms with van der Waals surface area (Å²) < 4.78 is 21.6. The molecule has 0 aliphatic carbocycles. The van der Waals surface area contributed by atoms with Crippen LogP contribution in [0.5, 0.6) is 17.2 Å². The third-order valence-corrected chi connectivity index (χ3v) is 4.51. The van der Waals surface area contributed by atoms with Crippen LogP contribution in [0.15, 0.2) is 42.5 Å². The molecule has 0 saturated carbocycles. The van der Waals surface area contributed by atoms with Gasteiger partial charge in [0, 0.05) is 5.92 Å². The van der Waals surface area contributed by atoms with Crippen LogP contribution in [0.1, 0.15) is 28.3 Å². The van der Waals surface area contributed by atoms with Gasteiger partial charge in [-0.15, -0.1) is 0 Å². The van der Waals surface area contributed by atoms with E-state index < -0.39 is 5.97 Å². The highest BCUT2D eigenvalue weighted by atomic mass is 16.5. The number of carbonyl (C=O) groups is 1. The van der Waals surface area contributed by atoms with Crippen molar-refractivity contribution in [3.8, 4) is 17.2 Å². The first-order chi connectivity index (χ1) is 13.5. The first-order valence-corrected chi connectivity index (χ1v) is 9.17. The van der Waals surface area contributed by atoms with E-state index in [1.54, 1.807) is 12.1 Å². The molecule has 28 heavy (non-hydrogen) atoms. The molecule has 6 nitrogen and oxygen atoms in total. The standard InChI is InChI=1S/C22H29NO5/c1-23(2)12-11-17(16-9-7-6-8-10-16)15-28-22(24)18-13-19(25-3)21(27-5)20(14-18)26-4/h6-10,13-14,17H,11-12,15H2,1-5H3/t17-/m1/s1. The number of esters is 1. The Labute approximate surface area is 167 Å². The number of hydrogen-bond acceptors (Lipinski definition) is 6. The lowest BCUT2D eigenvalue weighted by Gasteiger charge is -2.20. The summed E-state index contributed by atoms with van der Waals surface area (Å²) in [4.78, 5) is 14.8. The summed E-state index contributed by atoms with van der Waals surface area (Å²) in [6.45, 7) is 1.20. The van der Waals surface area contributed by atoms with Crippen LogP contribution < -0.4 is 14.2 Å². The first-order valence-electron chi connectivity index (χ1n) is 9.17. The van der Waals surface area contributed by atoms with Crippen molar-refractivity contribution >= 4 is 5.97 Å². The molecule has 1 atom stereocenters. The van der Waals surface area contributed by atoms with Gasteiger partial charge < -0.3 is 23.8 Å². The average Bonchev–Trinajstić information content (AvgIpc) is 2.72. The normalized spacial score (nSPS) is 11.8. The Morgan fingerprint density at radius 3 is 2.07 bits per heavy atom. The van der Waals surface area contributed by atoms with Gasteiger partial charge in [-0.1, -0.05) is 30.3 Å². The summed E-state index contributed by atoms with van der Waals surface area (Å²) in [5, 5.41) is 0. The van der Waals surface area contributed by atoms with Crippen molar-refractivity contribution in [2.45, 2.75) is 12.3 Å². The molecule has 2 aromatic rings. The monoisotopic (exact) mass is 387 g/mol. The summed E-state index contributed by atoms with van der Waals surface area (Å²) in [5.74, 6) is 0.969. The van der Waals surface area contributed by atoms with Gasteiger partial charge in [0.2, 0.25) is 5.75 Å². The van der Waals surface area contributed by atoms with E-state index in [-0.39, 0.29) is 5.92 Å². The van der Waals surface area contributed by atoms with Gasteiger partial charge in [-0.3, -0.25) is 0 Å². The molecule has 0 N–H and O–H groups in total. The lowest BCUT2D eigenvalue weighted by Crippen LogP contribution is -2.20. The van der Waals surface area contributed by atoms with Crippen LogP contribution in [0.2, 0.25) is 0 Å². The van der Waals surface area contributed by atoms with Crippen LogP contribution in [0, 0.1) is 0 Å². The van der Waals surface area contributed by atoms with E-state index in [1.165, 1.54) is 21.3 Å². The molecule has 0 bridgehead atoms. The Hall–Kier alpha value is -2.73. The number of carbonyl (C=O) groups excluding carboxylic acids is 1. The topological polar surface area (TPSA) is 57.2 Å². The number of ether oxygens (including phenoxy) is 4. The van der Waals surface area contributed by atoms with E-state index >= 15 is 0 Å². The number of benzene rings is 2. The Kier molecular flexibility index (Phi) is 8.14. The van der Waals surface area contributed by atoms with Crippen molar-refractivity contribution < 1.29 is 23.7 Å². The van der Waals surface area contributed by atoms with Crippen molar-refractivity contribution in [2.24, 2.45) is 0 Å². The Bertz CT molecular complexity index is 736. The summed E-state index contributed by atoms with van der Waals surface area (Å²) in [5.41, 5.74) is 1.51. The van der Waals surface area contributed by atoms with E-state index in [0.717, 1.165) is 18.5 Å². The van der Waals surface area contributed by atoms with Gasteiger partial charge in [0.05, 0.1) is 33.5 Å². The van der Waals surface area contributed by atoms with Crippen LogP contribution in [0.4, 0.5) is 0 Å². The van der Waals surface area contributed by atoms with Crippen LogP contribution in [-0.4, -0.2) is 59.4 Å². The average molecular weight is 387 g/mol. The van der Waals surface area contributed by atoms with Crippen LogP contribution in [0.25, 0.3) is 0 Å². The first kappa shape index (κ1) is 21.6. The summed E-state index contributed by atoms with van der Waals surface area (Å²) >= 11 is 0. The van der Waals surface area contributed by atoms with E-state index in [9.17, 15) is 4.79 Å². The molecule has 0 amide bonds. The predicted octanol–water partition coefficient (Wildman–Crippen LogP) is 3.60. The predicted molar refractivity (Wildman–Crippen MR) is 109 cm³/mol. The summed E-state index contributed by atoms with van der Waals surface area (Å²) in [6, 6.07) is 13.3. The lowest BCUT2D eigenvalue weighted by molar-refractivity contribution is 0.0472. The molecular weight excluding hydrogens is 358 g/mol. The highest BCUT2D eigenvalue weighted by molar-refractivity contribution is 5.91. The SMILES string of the molecule is COc1cc(C(=O)OC[C@@H](CCN(C)C)c2ccccc2)cc(OC)c1OC. The Morgan fingerprint density at radius 2 is 1.57 bits per heavy atom. The smallest absolute Gasteiger partial charge is 0.338 e. The van der Waals surface area contributed by atoms with Crippen LogP contribution in [-0.2, 0) is 4.74 Å². The molecule has 0 saturated heterocycles. The van der Waals surface area contributed by atoms with E-state index in [1.807, 2.05) is 32.3 Å². The van der Waals surface area contributed by atoms with Crippen molar-refractivity contribution in [1.82, 2.24) is 4.90 Å². The summed E-state index contributed by atoms with van der Waals surface area (Å²) in [6.07, 6.45) is 0.888. The molecule has 2 rings (SSSR count). The largest absolute Gasteiger partial charge is 0.493 e. The molecule has 0 aliphatic rings. The lowest BCUT2D eigenvalue weighted by atomic mass is 9.96. The van der Waals surface area contributed by atoms with Crippen molar-refractivity contribution in [2.75, 3.05) is 48.6 Å². The quantitative estimate of drug-likeness (QED) is 0.581. The Balaban J connectivity index is 2.15. The second-order valence-corrected chi connectivity index (χ2v) is 6.71. The fourth-order valence-corrected chi connectivity index (χ4v) is 2.94. The molecule has 0 unspecified atom stereocenters. The van der Waals surface area contributed by atoms with Crippen molar-refractivity contribution in [3.63, 3.8) is 0 Å². The third kappa shape index (κ3) is 5.63. The maximum absolute atomic E-state index is 12.7. The molecular formula is C22H29NO5. The van der Waals surface area contributed by atoms with Gasteiger partial charge >= 0.3 is 5.97 Å². The van der Waals surface area contributed by atoms with Gasteiger partial charge in [0.1, 0.15) is 0 Å². The van der Waals surface area contributed by atoms with Gasteiger partial charge in [0.25, 0.3) is 0 Å². The van der Waals surface area contributed by atoms with Gasteiger partial charge in [-0.2, -0.15) is 0 Å². The van der Waals surface area contributed by atoms with Crippen molar-refractivity contribution in [1.29, 1.82) is 0 Å². The molecule has 0 aromatic heterocycles. The zero-order chi connectivity index (χ0) is 20.5. The number of nitrogens with zero attached hydrogens (tertiary/aromatic N) is 1. The summed E-state index contributed by atoms with van der Waals surface area (Å²) in [7, 11) is 8.61. The van der Waals surface area contributed by atoms with E-state index in [2.05, 4.69) is 17.0 Å². The molecule has 0 fully saturated rings. The van der Waals surface area contributed by atoms with Crippen molar-refractivity contribution in [3.05, 3.63) is 53.6 Å². The van der Waals surface area contributed by atoms with Crippen LogP contribution >= 0.6 is 0 Å². The maximum Gasteiger partial charge on any atom is 0.338 e. The highest BCUT2D eigenvalue weighted by Gasteiger charge is 2.20. The third-order valence-electron chi connectivity index (χ3n) is 4.51. The molecule has 6 heteroatoms. The van der Waals surface area contributed by atoms with Crippen LogP contribution in [0.3, 0.4) is 0 Å². The second kappa shape index (κ2) is 10.6. The molecule has 0 aliphatic heterocycles.